The maximum atomic E-state index is 11.5. The van der Waals surface area contributed by atoms with Gasteiger partial charge in [-0.15, -0.1) is 0 Å². The Labute approximate surface area is 96.9 Å². The summed E-state index contributed by atoms with van der Waals surface area (Å²) in [6.07, 6.45) is 2.31. The van der Waals surface area contributed by atoms with E-state index in [1.165, 1.54) is 0 Å². The molecule has 0 radical (unpaired) electrons. The van der Waals surface area contributed by atoms with E-state index in [-0.39, 0.29) is 30.4 Å². The Balaban J connectivity index is 1.69. The summed E-state index contributed by atoms with van der Waals surface area (Å²) >= 11 is 0. The highest BCUT2D eigenvalue weighted by atomic mass is 16.6. The Morgan fingerprint density at radius 3 is 2.76 bits per heavy atom. The van der Waals surface area contributed by atoms with Crippen LogP contribution >= 0.6 is 0 Å². The summed E-state index contributed by atoms with van der Waals surface area (Å²) < 4.78 is 4.29. The number of hydrogen-bond acceptors (Lipinski definition) is 6. The van der Waals surface area contributed by atoms with Gasteiger partial charge < -0.3 is 16.4 Å². The van der Waals surface area contributed by atoms with Gasteiger partial charge in [0.15, 0.2) is 0 Å². The Bertz CT molecular complexity index is 426. The first-order valence-electron chi connectivity index (χ1n) is 5.32. The number of rotatable bonds is 5. The fourth-order valence-electron chi connectivity index (χ4n) is 1.25. The van der Waals surface area contributed by atoms with Crippen LogP contribution in [-0.4, -0.2) is 34.7 Å². The molecule has 92 valence electrons. The minimum Gasteiger partial charge on any atom is -0.379 e. The van der Waals surface area contributed by atoms with E-state index in [1.807, 2.05) is 0 Å². The molecule has 1 aromatic rings. The van der Waals surface area contributed by atoms with Gasteiger partial charge in [0.2, 0.25) is 17.4 Å². The van der Waals surface area contributed by atoms with Crippen LogP contribution in [0.1, 0.15) is 29.8 Å². The van der Waals surface area contributed by atoms with Crippen molar-refractivity contribution >= 4 is 17.6 Å². The molecule has 0 aliphatic heterocycles. The second-order valence-electron chi connectivity index (χ2n) is 3.85. The number of nitrogens with zero attached hydrogens (tertiary/aromatic N) is 2. The summed E-state index contributed by atoms with van der Waals surface area (Å²) in [5, 5.41) is 11.9. The first kappa shape index (κ1) is 11.4. The van der Waals surface area contributed by atoms with Crippen LogP contribution < -0.4 is 16.4 Å². The molecule has 1 aliphatic rings. The summed E-state index contributed by atoms with van der Waals surface area (Å²) in [6.45, 7) is 0.226. The van der Waals surface area contributed by atoms with Gasteiger partial charge in [-0.05, 0) is 23.2 Å². The summed E-state index contributed by atoms with van der Waals surface area (Å²) in [5.74, 6) is -0.632. The summed E-state index contributed by atoms with van der Waals surface area (Å²) in [4.78, 5) is 22.8. The lowest BCUT2D eigenvalue weighted by Crippen LogP contribution is -2.32. The van der Waals surface area contributed by atoms with Crippen LogP contribution in [0.5, 0.6) is 0 Å². The van der Waals surface area contributed by atoms with E-state index in [0.29, 0.717) is 6.04 Å². The molecule has 8 heteroatoms. The lowest BCUT2D eigenvalue weighted by molar-refractivity contribution is -0.121. The molecule has 4 N–H and O–H groups in total. The normalized spacial score (nSPS) is 14.4. The molecular weight excluding hydrogens is 226 g/mol. The van der Waals surface area contributed by atoms with Crippen LogP contribution in [0.25, 0.3) is 0 Å². The molecule has 8 nitrogen and oxygen atoms in total. The zero-order chi connectivity index (χ0) is 12.3. The van der Waals surface area contributed by atoms with Crippen LogP contribution in [0, 0.1) is 0 Å². The molecule has 1 fully saturated rings. The Hall–Kier alpha value is -2.12. The Morgan fingerprint density at radius 2 is 2.18 bits per heavy atom. The third kappa shape index (κ3) is 3.16. The van der Waals surface area contributed by atoms with Gasteiger partial charge in [0, 0.05) is 19.0 Å². The highest BCUT2D eigenvalue weighted by molar-refractivity contribution is 5.96. The molecule has 1 aliphatic carbocycles. The van der Waals surface area contributed by atoms with Crippen molar-refractivity contribution in [3.05, 3.63) is 5.69 Å². The van der Waals surface area contributed by atoms with Crippen molar-refractivity contribution in [1.29, 1.82) is 0 Å². The van der Waals surface area contributed by atoms with E-state index in [1.54, 1.807) is 0 Å². The average Bonchev–Trinajstić information content (AvgIpc) is 2.98. The molecule has 0 bridgehead atoms. The quantitative estimate of drug-likeness (QED) is 0.608. The topological polar surface area (TPSA) is 123 Å². The third-order valence-electron chi connectivity index (χ3n) is 2.31. The average molecular weight is 239 g/mol. The van der Waals surface area contributed by atoms with Crippen molar-refractivity contribution in [2.24, 2.45) is 0 Å². The van der Waals surface area contributed by atoms with Crippen molar-refractivity contribution in [2.45, 2.75) is 25.3 Å². The number of carbonyl (C=O) groups is 2. The molecule has 0 atom stereocenters. The molecule has 1 aromatic heterocycles. The van der Waals surface area contributed by atoms with Gasteiger partial charge in [0.1, 0.15) is 0 Å². The molecule has 0 aromatic carbocycles. The lowest BCUT2D eigenvalue weighted by atomic mass is 10.3. The molecule has 0 unspecified atom stereocenters. The highest BCUT2D eigenvalue weighted by Crippen LogP contribution is 2.18. The summed E-state index contributed by atoms with van der Waals surface area (Å²) in [7, 11) is 0. The van der Waals surface area contributed by atoms with Crippen LogP contribution in [0.4, 0.5) is 5.82 Å². The van der Waals surface area contributed by atoms with Gasteiger partial charge in [0.25, 0.3) is 5.91 Å². The van der Waals surface area contributed by atoms with Gasteiger partial charge in [-0.1, -0.05) is 0 Å². The summed E-state index contributed by atoms with van der Waals surface area (Å²) in [6, 6.07) is 0.327. The zero-order valence-electron chi connectivity index (χ0n) is 9.10. The Morgan fingerprint density at radius 1 is 1.41 bits per heavy atom. The number of amides is 2. The third-order valence-corrected chi connectivity index (χ3v) is 2.31. The molecule has 17 heavy (non-hydrogen) atoms. The minimum atomic E-state index is -0.497. The number of nitrogens with one attached hydrogen (secondary N) is 2. The van der Waals surface area contributed by atoms with Crippen molar-refractivity contribution in [2.75, 3.05) is 12.3 Å². The van der Waals surface area contributed by atoms with E-state index in [9.17, 15) is 9.59 Å². The van der Waals surface area contributed by atoms with E-state index >= 15 is 0 Å². The van der Waals surface area contributed by atoms with Gasteiger partial charge >= 0.3 is 0 Å². The number of nitrogens with two attached hydrogens (primary N) is 1. The van der Waals surface area contributed by atoms with Crippen LogP contribution in [0.3, 0.4) is 0 Å². The van der Waals surface area contributed by atoms with E-state index in [2.05, 4.69) is 25.6 Å². The number of aromatic nitrogens is 2. The minimum absolute atomic E-state index is 0.0624. The van der Waals surface area contributed by atoms with Crippen molar-refractivity contribution in [3.63, 3.8) is 0 Å². The Kier molecular flexibility index (Phi) is 3.22. The van der Waals surface area contributed by atoms with Crippen molar-refractivity contribution < 1.29 is 14.2 Å². The van der Waals surface area contributed by atoms with E-state index < -0.39 is 5.91 Å². The molecule has 1 saturated carbocycles. The highest BCUT2D eigenvalue weighted by Gasteiger charge is 2.23. The second-order valence-corrected chi connectivity index (χ2v) is 3.85. The largest absolute Gasteiger partial charge is 0.379 e. The number of anilines is 1. The summed E-state index contributed by atoms with van der Waals surface area (Å²) in [5.41, 5.74) is 5.28. The standard InChI is InChI=1S/C9H13N5O3/c10-8-7(13-17-14-8)9(16)11-4-3-6(15)12-5-1-2-5/h5H,1-4H2,(H2,10,14)(H,11,16)(H,12,15). The number of nitrogen functional groups attached to an aromatic ring is 1. The molecule has 1 heterocycles. The van der Waals surface area contributed by atoms with Gasteiger partial charge in [-0.25, -0.2) is 4.63 Å². The molecule has 2 amide bonds. The second kappa shape index (κ2) is 4.81. The lowest BCUT2D eigenvalue weighted by Gasteiger charge is -2.04. The van der Waals surface area contributed by atoms with Crippen LogP contribution in [-0.2, 0) is 4.79 Å². The van der Waals surface area contributed by atoms with Crippen molar-refractivity contribution in [1.82, 2.24) is 20.9 Å². The SMILES string of the molecule is Nc1nonc1C(=O)NCCC(=O)NC1CC1. The van der Waals surface area contributed by atoms with Gasteiger partial charge in [-0.3, -0.25) is 9.59 Å². The molecule has 0 spiro atoms. The van der Waals surface area contributed by atoms with Crippen LogP contribution in [0.15, 0.2) is 4.63 Å². The molecule has 2 rings (SSSR count). The predicted molar refractivity (Wildman–Crippen MR) is 56.8 cm³/mol. The maximum absolute atomic E-state index is 11.5. The van der Waals surface area contributed by atoms with Crippen molar-refractivity contribution in [3.8, 4) is 0 Å². The van der Waals surface area contributed by atoms with E-state index in [4.69, 9.17) is 5.73 Å². The fraction of sp³-hybridized carbons (Fsp3) is 0.556. The van der Waals surface area contributed by atoms with Crippen LogP contribution in [0.2, 0.25) is 0 Å². The monoisotopic (exact) mass is 239 g/mol. The first-order valence-corrected chi connectivity index (χ1v) is 5.32. The first-order chi connectivity index (χ1) is 8.16. The smallest absolute Gasteiger partial charge is 0.277 e. The maximum Gasteiger partial charge on any atom is 0.277 e. The number of carbonyl (C=O) groups excluding carboxylic acids is 2. The predicted octanol–water partition coefficient (Wildman–Crippen LogP) is -0.950. The van der Waals surface area contributed by atoms with Gasteiger partial charge in [0.05, 0.1) is 0 Å². The molecule has 0 saturated heterocycles. The number of hydrogen-bond donors (Lipinski definition) is 3. The zero-order valence-corrected chi connectivity index (χ0v) is 9.10. The van der Waals surface area contributed by atoms with E-state index in [0.717, 1.165) is 12.8 Å². The molecular formula is C9H13N5O3. The fourth-order valence-corrected chi connectivity index (χ4v) is 1.25. The van der Waals surface area contributed by atoms with Gasteiger partial charge in [-0.2, -0.15) is 0 Å².